The molecule has 3 aromatic rings. The maximum atomic E-state index is 13.2. The zero-order valence-corrected chi connectivity index (χ0v) is 20.0. The number of nitriles is 1. The second kappa shape index (κ2) is 10.5. The molecule has 0 radical (unpaired) electrons. The molecule has 2 heterocycles. The minimum Gasteiger partial charge on any atom is -0.395 e. The fourth-order valence-corrected chi connectivity index (χ4v) is 5.53. The summed E-state index contributed by atoms with van der Waals surface area (Å²) in [5, 5.41) is 22.3. The van der Waals surface area contributed by atoms with Crippen molar-refractivity contribution in [1.29, 1.82) is 5.26 Å². The molecule has 0 aliphatic carbocycles. The summed E-state index contributed by atoms with van der Waals surface area (Å²) in [7, 11) is 0. The Labute approximate surface area is 210 Å². The fraction of sp³-hybridized carbons (Fsp3) is 0.310. The molecule has 0 bridgehead atoms. The number of nitrogens with zero attached hydrogens (tertiary/aromatic N) is 3. The highest BCUT2D eigenvalue weighted by Crippen LogP contribution is 2.42. The van der Waals surface area contributed by atoms with Crippen LogP contribution >= 0.6 is 0 Å². The molecule has 3 atom stereocenters. The molecular formula is C29H29FN4O2. The van der Waals surface area contributed by atoms with E-state index in [4.69, 9.17) is 0 Å². The molecule has 5 rings (SSSR count). The molecule has 2 amide bonds. The van der Waals surface area contributed by atoms with Gasteiger partial charge in [-0.15, -0.1) is 0 Å². The van der Waals surface area contributed by atoms with E-state index >= 15 is 0 Å². The van der Waals surface area contributed by atoms with Crippen LogP contribution in [0.5, 0.6) is 0 Å². The number of rotatable bonds is 4. The van der Waals surface area contributed by atoms with Crippen molar-refractivity contribution >= 4 is 11.7 Å². The minimum absolute atomic E-state index is 0.0166. The number of anilines is 1. The monoisotopic (exact) mass is 484 g/mol. The number of aliphatic hydroxyl groups excluding tert-OH is 1. The van der Waals surface area contributed by atoms with Gasteiger partial charge in [-0.05, 0) is 72.5 Å². The predicted molar refractivity (Wildman–Crippen MR) is 137 cm³/mol. The third-order valence-electron chi connectivity index (χ3n) is 7.37. The average molecular weight is 485 g/mol. The summed E-state index contributed by atoms with van der Waals surface area (Å²) in [6.45, 7) is 2.18. The molecule has 2 aliphatic rings. The largest absolute Gasteiger partial charge is 0.395 e. The predicted octanol–water partition coefficient (Wildman–Crippen LogP) is 4.82. The Kier molecular flexibility index (Phi) is 6.99. The van der Waals surface area contributed by atoms with Crippen LogP contribution in [0.3, 0.4) is 0 Å². The van der Waals surface area contributed by atoms with E-state index in [1.54, 1.807) is 18.2 Å². The summed E-state index contributed by atoms with van der Waals surface area (Å²) in [5.74, 6) is -0.236. The van der Waals surface area contributed by atoms with Crippen LogP contribution in [-0.2, 0) is 0 Å². The number of hydrogen-bond donors (Lipinski definition) is 2. The van der Waals surface area contributed by atoms with E-state index in [2.05, 4.69) is 40.6 Å². The number of carbonyl (C=O) groups is 1. The Bertz CT molecular complexity index is 1260. The fourth-order valence-electron chi connectivity index (χ4n) is 5.53. The molecule has 0 spiro atoms. The van der Waals surface area contributed by atoms with Gasteiger partial charge in [0.05, 0.1) is 18.2 Å². The number of fused-ring (bicyclic) bond motifs is 1. The number of benzene rings is 3. The van der Waals surface area contributed by atoms with Crippen molar-refractivity contribution in [2.45, 2.75) is 30.8 Å². The normalized spacial score (nSPS) is 21.9. The first-order chi connectivity index (χ1) is 17.6. The van der Waals surface area contributed by atoms with E-state index in [1.165, 1.54) is 12.1 Å². The van der Waals surface area contributed by atoms with E-state index in [0.29, 0.717) is 24.3 Å². The lowest BCUT2D eigenvalue weighted by Crippen LogP contribution is -2.68. The van der Waals surface area contributed by atoms with Crippen LogP contribution < -0.4 is 5.32 Å². The highest BCUT2D eigenvalue weighted by molar-refractivity contribution is 5.89. The molecule has 7 heteroatoms. The van der Waals surface area contributed by atoms with Gasteiger partial charge in [0.25, 0.3) is 0 Å². The van der Waals surface area contributed by atoms with Crippen molar-refractivity contribution < 1.29 is 14.3 Å². The van der Waals surface area contributed by atoms with E-state index in [9.17, 15) is 19.6 Å². The standard InChI is InChI=1S/C29H29FN4O2/c30-24-10-12-25(13-11-24)32-29(36)33-14-1-2-15-34-26(18-33)28(27(34)19-35)22-8-6-21(7-9-22)23-5-3-4-20(16-23)17-31/h3-13,16,26-28,35H,1-2,14-15,18-19H2,(H,32,36)/t26-,27+,28+/m0/s1. The SMILES string of the molecule is N#Cc1cccc(-c2ccc([C@H]3[C@@H](CO)N4CCCCN(C(=O)Nc5ccc(F)cc5)C[C@@H]34)cc2)c1. The number of aliphatic hydroxyl groups is 1. The molecular weight excluding hydrogens is 455 g/mol. The number of carbonyl (C=O) groups excluding carboxylic acids is 1. The Hall–Kier alpha value is -3.73. The molecule has 0 saturated carbocycles. The Morgan fingerprint density at radius 2 is 1.78 bits per heavy atom. The lowest BCUT2D eigenvalue weighted by Gasteiger charge is -2.57. The van der Waals surface area contributed by atoms with Gasteiger partial charge in [-0.25, -0.2) is 9.18 Å². The van der Waals surface area contributed by atoms with Crippen LogP contribution in [0.4, 0.5) is 14.9 Å². The van der Waals surface area contributed by atoms with Gasteiger partial charge in [-0.3, -0.25) is 4.90 Å². The van der Waals surface area contributed by atoms with Gasteiger partial charge >= 0.3 is 6.03 Å². The molecule has 3 aromatic carbocycles. The first kappa shape index (κ1) is 24.0. The van der Waals surface area contributed by atoms with Crippen LogP contribution in [0.2, 0.25) is 0 Å². The highest BCUT2D eigenvalue weighted by Gasteiger charge is 2.49. The third-order valence-corrected chi connectivity index (χ3v) is 7.37. The first-order valence-corrected chi connectivity index (χ1v) is 12.4. The van der Waals surface area contributed by atoms with Crippen molar-refractivity contribution in [3.63, 3.8) is 0 Å². The third kappa shape index (κ3) is 4.83. The van der Waals surface area contributed by atoms with Crippen molar-refractivity contribution in [2.75, 3.05) is 31.6 Å². The molecule has 2 aliphatic heterocycles. The van der Waals surface area contributed by atoms with Crippen LogP contribution in [0.25, 0.3) is 11.1 Å². The van der Waals surface area contributed by atoms with Crippen LogP contribution in [0.1, 0.15) is 29.9 Å². The molecule has 184 valence electrons. The lowest BCUT2D eigenvalue weighted by molar-refractivity contribution is -0.0585. The second-order valence-corrected chi connectivity index (χ2v) is 9.49. The average Bonchev–Trinajstić information content (AvgIpc) is 2.89. The summed E-state index contributed by atoms with van der Waals surface area (Å²) in [5.41, 5.74) is 4.35. The van der Waals surface area contributed by atoms with E-state index in [1.807, 2.05) is 23.1 Å². The van der Waals surface area contributed by atoms with Crippen LogP contribution in [0.15, 0.2) is 72.8 Å². The number of nitrogens with one attached hydrogen (secondary N) is 1. The molecule has 6 nitrogen and oxygen atoms in total. The van der Waals surface area contributed by atoms with Gasteiger partial charge in [0.2, 0.25) is 0 Å². The quantitative estimate of drug-likeness (QED) is 0.557. The van der Waals surface area contributed by atoms with Crippen molar-refractivity contribution in [2.24, 2.45) is 0 Å². The van der Waals surface area contributed by atoms with Gasteiger partial charge in [0, 0.05) is 36.8 Å². The molecule has 36 heavy (non-hydrogen) atoms. The molecule has 2 fully saturated rings. The highest BCUT2D eigenvalue weighted by atomic mass is 19.1. The van der Waals surface area contributed by atoms with Crippen molar-refractivity contribution in [3.05, 3.63) is 89.7 Å². The minimum atomic E-state index is -0.342. The molecule has 2 N–H and O–H groups in total. The summed E-state index contributed by atoms with van der Waals surface area (Å²) < 4.78 is 13.2. The zero-order chi connectivity index (χ0) is 25.1. The maximum Gasteiger partial charge on any atom is 0.321 e. The number of amides is 2. The Balaban J connectivity index is 1.34. The Morgan fingerprint density at radius 1 is 1.03 bits per heavy atom. The van der Waals surface area contributed by atoms with Gasteiger partial charge in [-0.1, -0.05) is 36.4 Å². The van der Waals surface area contributed by atoms with Crippen LogP contribution in [0, 0.1) is 17.1 Å². The molecule has 0 aromatic heterocycles. The van der Waals surface area contributed by atoms with E-state index in [-0.39, 0.29) is 36.5 Å². The van der Waals surface area contributed by atoms with Crippen molar-refractivity contribution in [3.8, 4) is 17.2 Å². The van der Waals surface area contributed by atoms with E-state index in [0.717, 1.165) is 36.1 Å². The summed E-state index contributed by atoms with van der Waals surface area (Å²) >= 11 is 0. The molecule has 0 unspecified atom stereocenters. The van der Waals surface area contributed by atoms with Crippen LogP contribution in [-0.4, -0.2) is 59.3 Å². The van der Waals surface area contributed by atoms with Gasteiger partial charge < -0.3 is 15.3 Å². The first-order valence-electron chi connectivity index (χ1n) is 12.4. The summed E-state index contributed by atoms with van der Waals surface area (Å²) in [6, 6.07) is 23.8. The van der Waals surface area contributed by atoms with Gasteiger partial charge in [0.1, 0.15) is 5.82 Å². The molecule has 2 saturated heterocycles. The second-order valence-electron chi connectivity index (χ2n) is 9.49. The van der Waals surface area contributed by atoms with E-state index < -0.39 is 0 Å². The van der Waals surface area contributed by atoms with Gasteiger partial charge in [0.15, 0.2) is 0 Å². The van der Waals surface area contributed by atoms with Gasteiger partial charge in [-0.2, -0.15) is 5.26 Å². The van der Waals surface area contributed by atoms with Crippen molar-refractivity contribution in [1.82, 2.24) is 9.80 Å². The maximum absolute atomic E-state index is 13.2. The summed E-state index contributed by atoms with van der Waals surface area (Å²) in [4.78, 5) is 17.2. The number of halogens is 1. The number of hydrogen-bond acceptors (Lipinski definition) is 4. The Morgan fingerprint density at radius 3 is 2.50 bits per heavy atom. The smallest absolute Gasteiger partial charge is 0.321 e. The summed E-state index contributed by atoms with van der Waals surface area (Å²) in [6.07, 6.45) is 1.84. The number of urea groups is 1. The topological polar surface area (TPSA) is 79.6 Å². The lowest BCUT2D eigenvalue weighted by atomic mass is 9.74. The zero-order valence-electron chi connectivity index (χ0n) is 20.0.